The van der Waals surface area contributed by atoms with Gasteiger partial charge in [0, 0.05) is 32.8 Å². The zero-order valence-corrected chi connectivity index (χ0v) is 11.9. The second kappa shape index (κ2) is 8.03. The highest BCUT2D eigenvalue weighted by atomic mass is 16.5. The lowest BCUT2D eigenvalue weighted by atomic mass is 10.1. The minimum Gasteiger partial charge on any atom is -0.383 e. The average Bonchev–Trinajstić information content (AvgIpc) is 2.65. The molecule has 102 valence electrons. The smallest absolute Gasteiger partial charge is 0.0587 e. The minimum absolute atomic E-state index is 0.733. The van der Waals surface area contributed by atoms with E-state index in [2.05, 4.69) is 36.1 Å². The van der Waals surface area contributed by atoms with Crippen LogP contribution in [0.25, 0.3) is 0 Å². The summed E-state index contributed by atoms with van der Waals surface area (Å²) in [6.45, 7) is 8.93. The molecule has 1 fully saturated rings. The zero-order chi connectivity index (χ0) is 12.7. The number of likely N-dealkylation sites (tertiary alicyclic amines) is 1. The first-order valence-electron chi connectivity index (χ1n) is 6.73. The molecule has 4 heteroatoms. The predicted molar refractivity (Wildman–Crippen MR) is 72.4 cm³/mol. The summed E-state index contributed by atoms with van der Waals surface area (Å²) in [6.07, 6.45) is 1.23. The van der Waals surface area contributed by atoms with Crippen molar-refractivity contribution in [2.24, 2.45) is 5.92 Å². The van der Waals surface area contributed by atoms with E-state index in [0.717, 1.165) is 31.7 Å². The van der Waals surface area contributed by atoms with Gasteiger partial charge >= 0.3 is 0 Å². The molecule has 1 aliphatic heterocycles. The van der Waals surface area contributed by atoms with Gasteiger partial charge < -0.3 is 19.9 Å². The second-order valence-corrected chi connectivity index (χ2v) is 5.36. The molecule has 1 rings (SSSR count). The average molecular weight is 243 g/mol. The normalized spacial score (nSPS) is 25.9. The monoisotopic (exact) mass is 243 g/mol. The SMILES string of the molecule is COCCNCCCN1CC(C)C(N(C)C)C1. The van der Waals surface area contributed by atoms with Crippen molar-refractivity contribution in [1.29, 1.82) is 0 Å². The Balaban J connectivity index is 2.05. The van der Waals surface area contributed by atoms with Gasteiger partial charge in [0.1, 0.15) is 0 Å². The molecule has 1 N–H and O–H groups in total. The first-order valence-corrected chi connectivity index (χ1v) is 6.73. The summed E-state index contributed by atoms with van der Waals surface area (Å²) in [5, 5.41) is 3.39. The number of hydrogen-bond donors (Lipinski definition) is 1. The Bertz CT molecular complexity index is 199. The van der Waals surface area contributed by atoms with Gasteiger partial charge in [-0.1, -0.05) is 6.92 Å². The summed E-state index contributed by atoms with van der Waals surface area (Å²) in [5.41, 5.74) is 0. The van der Waals surface area contributed by atoms with E-state index in [1.54, 1.807) is 7.11 Å². The van der Waals surface area contributed by atoms with Crippen molar-refractivity contribution in [3.8, 4) is 0 Å². The zero-order valence-electron chi connectivity index (χ0n) is 11.9. The van der Waals surface area contributed by atoms with Crippen LogP contribution in [0.15, 0.2) is 0 Å². The molecule has 1 heterocycles. The Kier molecular flexibility index (Phi) is 7.04. The maximum atomic E-state index is 5.00. The van der Waals surface area contributed by atoms with Gasteiger partial charge in [0.15, 0.2) is 0 Å². The maximum Gasteiger partial charge on any atom is 0.0587 e. The van der Waals surface area contributed by atoms with Crippen LogP contribution >= 0.6 is 0 Å². The molecule has 1 aliphatic rings. The van der Waals surface area contributed by atoms with Crippen LogP contribution in [0, 0.1) is 5.92 Å². The Morgan fingerprint density at radius 3 is 2.65 bits per heavy atom. The standard InChI is InChI=1S/C13H29N3O/c1-12-10-16(11-13(12)15(2)3)8-5-6-14-7-9-17-4/h12-14H,5-11H2,1-4H3. The summed E-state index contributed by atoms with van der Waals surface area (Å²) < 4.78 is 5.00. The lowest BCUT2D eigenvalue weighted by Crippen LogP contribution is -2.34. The van der Waals surface area contributed by atoms with Crippen LogP contribution in [0.5, 0.6) is 0 Å². The van der Waals surface area contributed by atoms with E-state index in [9.17, 15) is 0 Å². The van der Waals surface area contributed by atoms with Crippen LogP contribution in [0.4, 0.5) is 0 Å². The fourth-order valence-corrected chi connectivity index (χ4v) is 2.63. The number of nitrogens with zero attached hydrogens (tertiary/aromatic N) is 2. The van der Waals surface area contributed by atoms with Gasteiger partial charge in [-0.05, 0) is 39.5 Å². The number of rotatable bonds is 8. The van der Waals surface area contributed by atoms with Gasteiger partial charge in [0.05, 0.1) is 6.61 Å². The Labute approximate surface area is 106 Å². The molecule has 0 amide bonds. The maximum absolute atomic E-state index is 5.00. The summed E-state index contributed by atoms with van der Waals surface area (Å²) in [5.74, 6) is 0.798. The molecular formula is C13H29N3O. The summed E-state index contributed by atoms with van der Waals surface area (Å²) >= 11 is 0. The van der Waals surface area contributed by atoms with Crippen molar-refractivity contribution in [3.05, 3.63) is 0 Å². The molecule has 0 saturated carbocycles. The molecule has 0 bridgehead atoms. The van der Waals surface area contributed by atoms with Crippen LogP contribution in [-0.4, -0.2) is 76.4 Å². The molecule has 2 atom stereocenters. The van der Waals surface area contributed by atoms with E-state index >= 15 is 0 Å². The highest BCUT2D eigenvalue weighted by molar-refractivity contribution is 4.86. The molecule has 1 saturated heterocycles. The molecule has 0 aromatic carbocycles. The Hall–Kier alpha value is -0.160. The third-order valence-electron chi connectivity index (χ3n) is 3.62. The molecule has 4 nitrogen and oxygen atoms in total. The van der Waals surface area contributed by atoms with Crippen LogP contribution < -0.4 is 5.32 Å². The van der Waals surface area contributed by atoms with Crippen LogP contribution in [-0.2, 0) is 4.74 Å². The van der Waals surface area contributed by atoms with Crippen molar-refractivity contribution in [2.45, 2.75) is 19.4 Å². The predicted octanol–water partition coefficient (Wildman–Crippen LogP) is 0.494. The fraction of sp³-hybridized carbons (Fsp3) is 1.00. The highest BCUT2D eigenvalue weighted by Crippen LogP contribution is 2.19. The number of methoxy groups -OCH3 is 1. The van der Waals surface area contributed by atoms with Crippen molar-refractivity contribution >= 4 is 0 Å². The first-order chi connectivity index (χ1) is 8.15. The number of hydrogen-bond acceptors (Lipinski definition) is 4. The van der Waals surface area contributed by atoms with Crippen molar-refractivity contribution in [2.75, 3.05) is 60.5 Å². The molecule has 0 aliphatic carbocycles. The van der Waals surface area contributed by atoms with Crippen LogP contribution in [0.2, 0.25) is 0 Å². The van der Waals surface area contributed by atoms with Gasteiger partial charge in [-0.2, -0.15) is 0 Å². The van der Waals surface area contributed by atoms with Gasteiger partial charge in [0.2, 0.25) is 0 Å². The van der Waals surface area contributed by atoms with E-state index in [0.29, 0.717) is 0 Å². The van der Waals surface area contributed by atoms with E-state index in [1.165, 1.54) is 26.1 Å². The molecule has 0 spiro atoms. The topological polar surface area (TPSA) is 27.7 Å². The minimum atomic E-state index is 0.733. The van der Waals surface area contributed by atoms with Crippen LogP contribution in [0.1, 0.15) is 13.3 Å². The molecule has 17 heavy (non-hydrogen) atoms. The molecule has 0 radical (unpaired) electrons. The number of likely N-dealkylation sites (N-methyl/N-ethyl adjacent to an activating group) is 1. The van der Waals surface area contributed by atoms with Gasteiger partial charge in [-0.15, -0.1) is 0 Å². The van der Waals surface area contributed by atoms with E-state index in [4.69, 9.17) is 4.74 Å². The second-order valence-electron chi connectivity index (χ2n) is 5.36. The molecule has 2 unspecified atom stereocenters. The van der Waals surface area contributed by atoms with Gasteiger partial charge in [0.25, 0.3) is 0 Å². The third-order valence-corrected chi connectivity index (χ3v) is 3.62. The summed E-state index contributed by atoms with van der Waals surface area (Å²) in [4.78, 5) is 4.95. The molecule has 0 aromatic heterocycles. The fourth-order valence-electron chi connectivity index (χ4n) is 2.63. The van der Waals surface area contributed by atoms with Crippen molar-refractivity contribution in [3.63, 3.8) is 0 Å². The Morgan fingerprint density at radius 1 is 1.29 bits per heavy atom. The summed E-state index contributed by atoms with van der Waals surface area (Å²) in [6, 6.07) is 0.733. The largest absolute Gasteiger partial charge is 0.383 e. The number of nitrogens with one attached hydrogen (secondary N) is 1. The van der Waals surface area contributed by atoms with Crippen molar-refractivity contribution in [1.82, 2.24) is 15.1 Å². The third kappa shape index (κ3) is 5.34. The lowest BCUT2D eigenvalue weighted by molar-refractivity contribution is 0.198. The van der Waals surface area contributed by atoms with E-state index < -0.39 is 0 Å². The molecule has 0 aromatic rings. The van der Waals surface area contributed by atoms with Gasteiger partial charge in [-0.3, -0.25) is 0 Å². The summed E-state index contributed by atoms with van der Waals surface area (Å²) in [7, 11) is 6.13. The quantitative estimate of drug-likeness (QED) is 0.628. The van der Waals surface area contributed by atoms with E-state index in [1.807, 2.05) is 0 Å². The number of ether oxygens (including phenoxy) is 1. The molecular weight excluding hydrogens is 214 g/mol. The van der Waals surface area contributed by atoms with E-state index in [-0.39, 0.29) is 0 Å². The van der Waals surface area contributed by atoms with Crippen LogP contribution in [0.3, 0.4) is 0 Å². The van der Waals surface area contributed by atoms with Crippen molar-refractivity contribution < 1.29 is 4.74 Å². The first kappa shape index (κ1) is 14.9. The Morgan fingerprint density at radius 2 is 2.06 bits per heavy atom. The lowest BCUT2D eigenvalue weighted by Gasteiger charge is -2.22. The highest BCUT2D eigenvalue weighted by Gasteiger charge is 2.30. The van der Waals surface area contributed by atoms with Gasteiger partial charge in [-0.25, -0.2) is 0 Å².